The van der Waals surface area contributed by atoms with Gasteiger partial charge in [-0.2, -0.15) is 0 Å². The van der Waals surface area contributed by atoms with Crippen molar-refractivity contribution in [2.45, 2.75) is 18.9 Å². The van der Waals surface area contributed by atoms with Crippen LogP contribution in [0.2, 0.25) is 5.02 Å². The fraction of sp³-hybridized carbons (Fsp3) is 0.500. The van der Waals surface area contributed by atoms with Crippen LogP contribution in [0.5, 0.6) is 0 Å². The molecule has 1 aromatic rings. The van der Waals surface area contributed by atoms with E-state index in [4.69, 9.17) is 22.1 Å². The van der Waals surface area contributed by atoms with Crippen LogP contribution in [0.3, 0.4) is 0 Å². The second kappa shape index (κ2) is 6.22. The van der Waals surface area contributed by atoms with Crippen molar-refractivity contribution < 1.29 is 14.2 Å². The first-order chi connectivity index (χ1) is 8.37. The van der Waals surface area contributed by atoms with Crippen LogP contribution >= 0.6 is 11.6 Å². The second-order valence-corrected chi connectivity index (χ2v) is 4.83. The molecule has 0 aliphatic rings. The molecule has 1 rings (SSSR count). The molecule has 0 spiro atoms. The van der Waals surface area contributed by atoms with Gasteiger partial charge in [-0.3, -0.25) is 0 Å². The highest BCUT2D eigenvalue weighted by molar-refractivity contribution is 6.31. The van der Waals surface area contributed by atoms with Gasteiger partial charge in [0.25, 0.3) is 0 Å². The molecule has 0 amide bonds. The molecule has 1 aromatic carbocycles. The van der Waals surface area contributed by atoms with Gasteiger partial charge in [0.05, 0.1) is 22.0 Å². The number of ether oxygens (including phenoxy) is 1. The predicted molar refractivity (Wildman–Crippen MR) is 71.4 cm³/mol. The van der Waals surface area contributed by atoms with Crippen molar-refractivity contribution in [1.29, 1.82) is 0 Å². The first-order valence-electron chi connectivity index (χ1n) is 5.56. The Kier molecular flexibility index (Phi) is 5.19. The van der Waals surface area contributed by atoms with E-state index in [0.717, 1.165) is 0 Å². The highest BCUT2D eigenvalue weighted by Crippen LogP contribution is 2.28. The summed E-state index contributed by atoms with van der Waals surface area (Å²) in [6, 6.07) is 2.90. The van der Waals surface area contributed by atoms with Gasteiger partial charge in [0.1, 0.15) is 0 Å². The summed E-state index contributed by atoms with van der Waals surface area (Å²) in [5.41, 5.74) is 5.00. The molecular formula is C12H18ClFN2O2. The fourth-order valence-electron chi connectivity index (χ4n) is 1.43. The largest absolute Gasteiger partial charge is 0.397 e. The summed E-state index contributed by atoms with van der Waals surface area (Å²) in [6.45, 7) is 2.21. The molecular weight excluding hydrogens is 259 g/mol. The summed E-state index contributed by atoms with van der Waals surface area (Å²) in [5, 5.41) is 12.8. The Balaban J connectivity index is 2.71. The monoisotopic (exact) mass is 276 g/mol. The van der Waals surface area contributed by atoms with E-state index in [2.05, 4.69) is 5.32 Å². The first-order valence-corrected chi connectivity index (χ1v) is 5.94. The van der Waals surface area contributed by atoms with Gasteiger partial charge >= 0.3 is 0 Å². The smallest absolute Gasteiger partial charge is 0.166 e. The van der Waals surface area contributed by atoms with Crippen molar-refractivity contribution in [1.82, 2.24) is 0 Å². The summed E-state index contributed by atoms with van der Waals surface area (Å²) < 4.78 is 18.6. The number of hydrogen-bond acceptors (Lipinski definition) is 4. The highest BCUT2D eigenvalue weighted by atomic mass is 35.5. The number of nitrogens with one attached hydrogen (secondary N) is 1. The molecule has 0 radical (unpaired) electrons. The highest BCUT2D eigenvalue weighted by Gasteiger charge is 2.21. The van der Waals surface area contributed by atoms with Crippen molar-refractivity contribution in [3.8, 4) is 0 Å². The van der Waals surface area contributed by atoms with Crippen molar-refractivity contribution in [2.24, 2.45) is 0 Å². The summed E-state index contributed by atoms with van der Waals surface area (Å²) >= 11 is 5.67. The van der Waals surface area contributed by atoms with Crippen LogP contribution in [0.25, 0.3) is 0 Å². The number of aliphatic hydroxyl groups is 1. The van der Waals surface area contributed by atoms with E-state index in [1.165, 1.54) is 12.1 Å². The average molecular weight is 277 g/mol. The molecule has 0 heterocycles. The van der Waals surface area contributed by atoms with E-state index < -0.39 is 11.4 Å². The van der Waals surface area contributed by atoms with E-state index >= 15 is 0 Å². The third-order valence-corrected chi connectivity index (χ3v) is 2.91. The van der Waals surface area contributed by atoms with Crippen molar-refractivity contribution in [2.75, 3.05) is 31.3 Å². The zero-order valence-electron chi connectivity index (χ0n) is 10.5. The summed E-state index contributed by atoms with van der Waals surface area (Å²) in [4.78, 5) is 0. The fourth-order valence-corrected chi connectivity index (χ4v) is 1.59. The van der Waals surface area contributed by atoms with Crippen LogP contribution in [0.15, 0.2) is 12.1 Å². The van der Waals surface area contributed by atoms with Crippen LogP contribution in [0, 0.1) is 5.82 Å². The molecule has 0 aromatic heterocycles. The maximum Gasteiger partial charge on any atom is 0.166 e. The van der Waals surface area contributed by atoms with E-state index in [0.29, 0.717) is 13.0 Å². The van der Waals surface area contributed by atoms with Crippen molar-refractivity contribution in [3.63, 3.8) is 0 Å². The Bertz CT molecular complexity index is 413. The van der Waals surface area contributed by atoms with Gasteiger partial charge < -0.3 is 20.9 Å². The minimum absolute atomic E-state index is 0.0109. The lowest BCUT2D eigenvalue weighted by molar-refractivity contribution is 0.0357. The molecule has 4 nitrogen and oxygen atoms in total. The third-order valence-electron chi connectivity index (χ3n) is 2.62. The van der Waals surface area contributed by atoms with Gasteiger partial charge in [-0.15, -0.1) is 0 Å². The second-order valence-electron chi connectivity index (χ2n) is 4.42. The molecule has 0 saturated carbocycles. The zero-order chi connectivity index (χ0) is 13.8. The topological polar surface area (TPSA) is 67.5 Å². The van der Waals surface area contributed by atoms with Gasteiger partial charge in [-0.25, -0.2) is 4.39 Å². The number of nitrogens with two attached hydrogens (primary N) is 1. The number of benzene rings is 1. The third kappa shape index (κ3) is 4.01. The minimum atomic E-state index is -1.02. The zero-order valence-corrected chi connectivity index (χ0v) is 11.2. The van der Waals surface area contributed by atoms with Crippen molar-refractivity contribution in [3.05, 3.63) is 23.0 Å². The van der Waals surface area contributed by atoms with E-state index in [9.17, 15) is 9.50 Å². The van der Waals surface area contributed by atoms with Crippen LogP contribution in [0.1, 0.15) is 13.3 Å². The molecule has 0 fully saturated rings. The lowest BCUT2D eigenvalue weighted by atomic mass is 10.0. The molecule has 102 valence electrons. The Morgan fingerprint density at radius 2 is 2.22 bits per heavy atom. The molecule has 1 unspecified atom stereocenters. The van der Waals surface area contributed by atoms with Gasteiger partial charge in [0, 0.05) is 26.7 Å². The Morgan fingerprint density at radius 3 is 2.83 bits per heavy atom. The summed E-state index contributed by atoms with van der Waals surface area (Å²) in [6.07, 6.45) is 0.429. The quantitative estimate of drug-likeness (QED) is 0.697. The molecule has 6 heteroatoms. The summed E-state index contributed by atoms with van der Waals surface area (Å²) in [7, 11) is 1.55. The van der Waals surface area contributed by atoms with Crippen LogP contribution in [-0.2, 0) is 4.74 Å². The molecule has 1 atom stereocenters. The van der Waals surface area contributed by atoms with Crippen LogP contribution < -0.4 is 11.1 Å². The SMILES string of the molecule is COCCC(C)(O)CNc1c(N)ccc(Cl)c1F. The predicted octanol–water partition coefficient (Wildman–Crippen LogP) is 2.26. The number of hydrogen-bond donors (Lipinski definition) is 3. The standard InChI is InChI=1S/C12H18ClFN2O2/c1-12(17,5-6-18-2)7-16-11-9(15)4-3-8(13)10(11)14/h3-4,16-17H,5-7,15H2,1-2H3. The Morgan fingerprint density at radius 1 is 1.56 bits per heavy atom. The maximum absolute atomic E-state index is 13.7. The normalized spacial score (nSPS) is 14.3. The number of rotatable bonds is 6. The minimum Gasteiger partial charge on any atom is -0.397 e. The van der Waals surface area contributed by atoms with Crippen LogP contribution in [-0.4, -0.2) is 31.0 Å². The lowest BCUT2D eigenvalue weighted by Crippen LogP contribution is -2.35. The van der Waals surface area contributed by atoms with Crippen LogP contribution in [0.4, 0.5) is 15.8 Å². The van der Waals surface area contributed by atoms with Crippen molar-refractivity contribution >= 4 is 23.0 Å². The molecule has 0 aliphatic heterocycles. The molecule has 0 bridgehead atoms. The first kappa shape index (κ1) is 15.0. The summed E-state index contributed by atoms with van der Waals surface area (Å²) in [5.74, 6) is -0.612. The number of anilines is 2. The number of nitrogen functional groups attached to an aromatic ring is 1. The maximum atomic E-state index is 13.7. The number of methoxy groups -OCH3 is 1. The van der Waals surface area contributed by atoms with Gasteiger partial charge in [-0.1, -0.05) is 11.6 Å². The van der Waals surface area contributed by atoms with E-state index in [1.54, 1.807) is 14.0 Å². The van der Waals surface area contributed by atoms with Gasteiger partial charge in [-0.05, 0) is 19.1 Å². The molecule has 4 N–H and O–H groups in total. The molecule has 0 saturated heterocycles. The Labute approximate surface area is 111 Å². The van der Waals surface area contributed by atoms with Gasteiger partial charge in [0.15, 0.2) is 5.82 Å². The van der Waals surface area contributed by atoms with Gasteiger partial charge in [0.2, 0.25) is 0 Å². The van der Waals surface area contributed by atoms with E-state index in [-0.39, 0.29) is 22.9 Å². The van der Waals surface area contributed by atoms with E-state index in [1.807, 2.05) is 0 Å². The molecule has 0 aliphatic carbocycles. The number of halogens is 2. The molecule has 18 heavy (non-hydrogen) atoms. The lowest BCUT2D eigenvalue weighted by Gasteiger charge is -2.24. The average Bonchev–Trinajstić information content (AvgIpc) is 2.31. The Hall–Kier alpha value is -1.04.